The molecule has 98 valence electrons. The zero-order valence-electron chi connectivity index (χ0n) is 10.4. The first-order valence-electron chi connectivity index (χ1n) is 5.77. The Labute approximate surface area is 101 Å². The number of methoxy groups -OCH3 is 1. The number of hydrogen-bond donors (Lipinski definition) is 1. The van der Waals surface area contributed by atoms with Crippen molar-refractivity contribution in [2.75, 3.05) is 40.5 Å². The van der Waals surface area contributed by atoms with Crippen LogP contribution in [-0.4, -0.2) is 63.3 Å². The molecule has 1 unspecified atom stereocenters. The number of imide groups is 1. The lowest BCUT2D eigenvalue weighted by molar-refractivity contribution is -0.148. The molecule has 0 aromatic heterocycles. The third kappa shape index (κ3) is 4.41. The van der Waals surface area contributed by atoms with Crippen molar-refractivity contribution in [2.24, 2.45) is 0 Å². The molecular weight excluding hydrogens is 224 g/mol. The predicted molar refractivity (Wildman–Crippen MR) is 61.5 cm³/mol. The second-order valence-electron chi connectivity index (χ2n) is 3.94. The SMILES string of the molecule is COCCOCCNC1CCC(=O)N(C)C1=O. The lowest BCUT2D eigenvalue weighted by atomic mass is 10.0. The third-order valence-corrected chi connectivity index (χ3v) is 2.72. The van der Waals surface area contributed by atoms with Crippen LogP contribution < -0.4 is 5.32 Å². The Balaban J connectivity index is 2.15. The van der Waals surface area contributed by atoms with Gasteiger partial charge in [-0.3, -0.25) is 14.5 Å². The molecule has 0 aromatic carbocycles. The van der Waals surface area contributed by atoms with Crippen LogP contribution in [0.1, 0.15) is 12.8 Å². The lowest BCUT2D eigenvalue weighted by Gasteiger charge is -2.28. The maximum absolute atomic E-state index is 11.7. The van der Waals surface area contributed by atoms with Crippen LogP contribution in [0.5, 0.6) is 0 Å². The van der Waals surface area contributed by atoms with Crippen LogP contribution in [-0.2, 0) is 19.1 Å². The zero-order chi connectivity index (χ0) is 12.7. The van der Waals surface area contributed by atoms with Crippen LogP contribution in [0.4, 0.5) is 0 Å². The minimum atomic E-state index is -0.260. The van der Waals surface area contributed by atoms with E-state index in [1.807, 2.05) is 0 Å². The fourth-order valence-electron chi connectivity index (χ4n) is 1.65. The average molecular weight is 244 g/mol. The van der Waals surface area contributed by atoms with E-state index in [9.17, 15) is 9.59 Å². The van der Waals surface area contributed by atoms with E-state index in [0.717, 1.165) is 0 Å². The van der Waals surface area contributed by atoms with Crippen LogP contribution in [0.25, 0.3) is 0 Å². The van der Waals surface area contributed by atoms with E-state index in [0.29, 0.717) is 39.2 Å². The fraction of sp³-hybridized carbons (Fsp3) is 0.818. The summed E-state index contributed by atoms with van der Waals surface area (Å²) in [6.45, 7) is 2.25. The molecule has 0 radical (unpaired) electrons. The quantitative estimate of drug-likeness (QED) is 0.478. The highest BCUT2D eigenvalue weighted by molar-refractivity contribution is 6.00. The van der Waals surface area contributed by atoms with Gasteiger partial charge < -0.3 is 14.8 Å². The summed E-state index contributed by atoms with van der Waals surface area (Å²) < 4.78 is 10.1. The van der Waals surface area contributed by atoms with E-state index in [-0.39, 0.29) is 17.9 Å². The number of rotatable bonds is 7. The molecule has 1 rings (SSSR count). The van der Waals surface area contributed by atoms with Crippen molar-refractivity contribution in [3.05, 3.63) is 0 Å². The van der Waals surface area contributed by atoms with E-state index in [1.54, 1.807) is 7.11 Å². The van der Waals surface area contributed by atoms with Crippen molar-refractivity contribution in [3.8, 4) is 0 Å². The van der Waals surface area contributed by atoms with Crippen molar-refractivity contribution in [1.82, 2.24) is 10.2 Å². The number of carbonyl (C=O) groups is 2. The molecule has 6 heteroatoms. The molecule has 0 bridgehead atoms. The first-order chi connectivity index (χ1) is 8.16. The van der Waals surface area contributed by atoms with Crippen molar-refractivity contribution in [2.45, 2.75) is 18.9 Å². The first kappa shape index (κ1) is 14.1. The van der Waals surface area contributed by atoms with E-state index in [4.69, 9.17) is 9.47 Å². The predicted octanol–water partition coefficient (Wildman–Crippen LogP) is -0.614. The molecule has 0 spiro atoms. The van der Waals surface area contributed by atoms with E-state index >= 15 is 0 Å². The van der Waals surface area contributed by atoms with Gasteiger partial charge in [0.05, 0.1) is 25.9 Å². The Morgan fingerprint density at radius 3 is 2.82 bits per heavy atom. The number of carbonyl (C=O) groups excluding carboxylic acids is 2. The van der Waals surface area contributed by atoms with Crippen molar-refractivity contribution < 1.29 is 19.1 Å². The molecule has 2 amide bonds. The van der Waals surface area contributed by atoms with Crippen LogP contribution in [0.2, 0.25) is 0 Å². The van der Waals surface area contributed by atoms with Gasteiger partial charge in [0.25, 0.3) is 0 Å². The molecule has 0 aromatic rings. The van der Waals surface area contributed by atoms with Crippen LogP contribution in [0, 0.1) is 0 Å². The summed E-state index contributed by atoms with van der Waals surface area (Å²) in [6.07, 6.45) is 0.991. The monoisotopic (exact) mass is 244 g/mol. The molecule has 17 heavy (non-hydrogen) atoms. The summed E-state index contributed by atoms with van der Waals surface area (Å²) >= 11 is 0. The summed E-state index contributed by atoms with van der Waals surface area (Å²) in [5.41, 5.74) is 0. The molecule has 0 saturated carbocycles. The first-order valence-corrected chi connectivity index (χ1v) is 5.77. The van der Waals surface area contributed by atoms with Gasteiger partial charge in [-0.2, -0.15) is 0 Å². The molecular formula is C11H20N2O4. The molecule has 1 atom stereocenters. The van der Waals surface area contributed by atoms with Gasteiger partial charge in [0, 0.05) is 27.1 Å². The lowest BCUT2D eigenvalue weighted by Crippen LogP contribution is -2.52. The summed E-state index contributed by atoms with van der Waals surface area (Å²) in [5, 5.41) is 3.09. The van der Waals surface area contributed by atoms with Gasteiger partial charge in [-0.1, -0.05) is 0 Å². The molecule has 1 heterocycles. The van der Waals surface area contributed by atoms with Crippen molar-refractivity contribution in [1.29, 1.82) is 0 Å². The van der Waals surface area contributed by atoms with Gasteiger partial charge in [0.15, 0.2) is 0 Å². The van der Waals surface area contributed by atoms with Crippen molar-refractivity contribution in [3.63, 3.8) is 0 Å². The second-order valence-corrected chi connectivity index (χ2v) is 3.94. The van der Waals surface area contributed by atoms with Crippen LogP contribution in [0.15, 0.2) is 0 Å². The van der Waals surface area contributed by atoms with E-state index in [1.165, 1.54) is 11.9 Å². The van der Waals surface area contributed by atoms with Crippen LogP contribution >= 0.6 is 0 Å². The molecule has 1 fully saturated rings. The maximum Gasteiger partial charge on any atom is 0.246 e. The topological polar surface area (TPSA) is 67.9 Å². The molecule has 1 N–H and O–H groups in total. The van der Waals surface area contributed by atoms with Gasteiger partial charge in [0.1, 0.15) is 0 Å². The highest BCUT2D eigenvalue weighted by Gasteiger charge is 2.30. The standard InChI is InChI=1S/C11H20N2O4/c1-13-10(14)4-3-9(11(13)15)12-5-6-17-8-7-16-2/h9,12H,3-8H2,1-2H3. The highest BCUT2D eigenvalue weighted by Crippen LogP contribution is 2.10. The number of ether oxygens (including phenoxy) is 2. The van der Waals surface area contributed by atoms with Gasteiger partial charge in [-0.25, -0.2) is 0 Å². The Bertz CT molecular complexity index is 270. The molecule has 1 aliphatic rings. The molecule has 1 saturated heterocycles. The summed E-state index contributed by atoms with van der Waals surface area (Å²) in [4.78, 5) is 24.1. The van der Waals surface area contributed by atoms with Crippen molar-refractivity contribution >= 4 is 11.8 Å². The number of likely N-dealkylation sites (tertiary alicyclic amines) is 1. The maximum atomic E-state index is 11.7. The number of nitrogens with one attached hydrogen (secondary N) is 1. The number of likely N-dealkylation sites (N-methyl/N-ethyl adjacent to an activating group) is 1. The molecule has 6 nitrogen and oxygen atoms in total. The normalized spacial score (nSPS) is 21.1. The van der Waals surface area contributed by atoms with Gasteiger partial charge >= 0.3 is 0 Å². The summed E-state index contributed by atoms with van der Waals surface area (Å²) in [5.74, 6) is -0.262. The largest absolute Gasteiger partial charge is 0.382 e. The Morgan fingerprint density at radius 1 is 1.35 bits per heavy atom. The number of hydrogen-bond acceptors (Lipinski definition) is 5. The minimum Gasteiger partial charge on any atom is -0.382 e. The number of piperidine rings is 1. The smallest absolute Gasteiger partial charge is 0.246 e. The number of nitrogens with zero attached hydrogens (tertiary/aromatic N) is 1. The fourth-order valence-corrected chi connectivity index (χ4v) is 1.65. The average Bonchev–Trinajstić information content (AvgIpc) is 2.33. The van der Waals surface area contributed by atoms with Crippen LogP contribution in [0.3, 0.4) is 0 Å². The third-order valence-electron chi connectivity index (χ3n) is 2.72. The highest BCUT2D eigenvalue weighted by atomic mass is 16.5. The molecule has 1 aliphatic heterocycles. The van der Waals surface area contributed by atoms with E-state index < -0.39 is 0 Å². The number of amides is 2. The molecule has 0 aliphatic carbocycles. The second kappa shape index (κ2) is 7.37. The van der Waals surface area contributed by atoms with E-state index in [2.05, 4.69) is 5.32 Å². The Kier molecular flexibility index (Phi) is 6.10. The summed E-state index contributed by atoms with van der Waals surface area (Å²) in [6, 6.07) is -0.260. The Hall–Kier alpha value is -0.980. The van der Waals surface area contributed by atoms with Gasteiger partial charge in [0.2, 0.25) is 11.8 Å². The zero-order valence-corrected chi connectivity index (χ0v) is 10.4. The van der Waals surface area contributed by atoms with Gasteiger partial charge in [-0.05, 0) is 6.42 Å². The summed E-state index contributed by atoms with van der Waals surface area (Å²) in [7, 11) is 3.14. The minimum absolute atomic E-state index is 0.107. The van der Waals surface area contributed by atoms with Gasteiger partial charge in [-0.15, -0.1) is 0 Å². The Morgan fingerprint density at radius 2 is 2.12 bits per heavy atom.